The number of aliphatic hydroxyl groups is 1. The highest BCUT2D eigenvalue weighted by Crippen LogP contribution is 2.49. The Labute approximate surface area is 394 Å². The minimum absolute atomic E-state index is 0.0404. The molecule has 6 aliphatic carbocycles. The molecule has 65 heavy (non-hydrogen) atoms. The number of hydrogen-bond donors (Lipinski definition) is 3. The maximum Gasteiger partial charge on any atom is 0.218 e. The predicted molar refractivity (Wildman–Crippen MR) is 259 cm³/mol. The number of ketones is 1. The monoisotopic (exact) mass is 960 g/mol. The third-order valence-electron chi connectivity index (χ3n) is 15.5. The highest BCUT2D eigenvalue weighted by molar-refractivity contribution is 9.10. The quantitative estimate of drug-likeness (QED) is 0.116. The lowest BCUT2D eigenvalue weighted by molar-refractivity contribution is -0.116. The molecule has 1 aromatic heterocycles. The summed E-state index contributed by atoms with van der Waals surface area (Å²) in [4.78, 5) is 13.0. The molecule has 3 aromatic carbocycles. The zero-order valence-electron chi connectivity index (χ0n) is 38.8. The smallest absolute Gasteiger partial charge is 0.218 e. The van der Waals surface area contributed by atoms with Gasteiger partial charge in [-0.3, -0.25) is 4.79 Å². The number of nitriles is 2. The first-order valence-corrected chi connectivity index (χ1v) is 26.4. The number of furan rings is 1. The van der Waals surface area contributed by atoms with E-state index in [1.165, 1.54) is 109 Å². The van der Waals surface area contributed by atoms with Crippen molar-refractivity contribution in [2.24, 2.45) is 17.8 Å². The van der Waals surface area contributed by atoms with E-state index >= 15 is 0 Å². The number of Topliss-reactive ketones (excluding diaryl/α,β-unsaturated/α-hetero) is 1. The zero-order chi connectivity index (χ0) is 46.5. The van der Waals surface area contributed by atoms with Crippen molar-refractivity contribution in [3.8, 4) is 12.1 Å². The highest BCUT2D eigenvalue weighted by Gasteiger charge is 2.36. The van der Waals surface area contributed by atoms with E-state index in [1.54, 1.807) is 0 Å². The summed E-state index contributed by atoms with van der Waals surface area (Å²) in [5, 5.41) is 28.7. The number of fused-ring (bicyclic) bond motifs is 3. The SMILES string of the molecule is C[C@H](c1cc(Br)c2c(c1N)CCC2)C1CC1.C[C@H](c1cc(C#N)c2c(c1CC(=O)CS(=O)(=O)c1cc(C(C)(C)O)co1)CCC2)C1CC1.C[C@H](c1cc(C#N)c2c(c1N)CCC2)C1CC1. The molecule has 4 aromatic rings. The molecule has 0 spiro atoms. The van der Waals surface area contributed by atoms with Gasteiger partial charge < -0.3 is 21.0 Å². The Balaban J connectivity index is 0.000000146. The lowest BCUT2D eigenvalue weighted by Gasteiger charge is -2.20. The second-order valence-corrected chi connectivity index (χ2v) is 23.3. The summed E-state index contributed by atoms with van der Waals surface area (Å²) >= 11 is 3.71. The number of anilines is 2. The number of nitrogens with two attached hydrogens (primary N) is 2. The lowest BCUT2D eigenvalue weighted by atomic mass is 9.84. The van der Waals surface area contributed by atoms with Gasteiger partial charge in [-0.15, -0.1) is 0 Å². The van der Waals surface area contributed by atoms with Crippen molar-refractivity contribution in [3.63, 3.8) is 0 Å². The first-order valence-electron chi connectivity index (χ1n) is 24.0. The van der Waals surface area contributed by atoms with Crippen molar-refractivity contribution in [2.45, 2.75) is 166 Å². The Bertz CT molecular complexity index is 2710. The van der Waals surface area contributed by atoms with Crippen LogP contribution in [0.5, 0.6) is 0 Å². The van der Waals surface area contributed by atoms with Crippen LogP contribution >= 0.6 is 15.9 Å². The van der Waals surface area contributed by atoms with Gasteiger partial charge in [-0.05, 0) is 220 Å². The van der Waals surface area contributed by atoms with E-state index in [0.717, 1.165) is 102 Å². The van der Waals surface area contributed by atoms with Crippen molar-refractivity contribution in [2.75, 3.05) is 17.2 Å². The van der Waals surface area contributed by atoms with Gasteiger partial charge in [0, 0.05) is 33.9 Å². The molecule has 0 radical (unpaired) electrons. The molecule has 0 saturated heterocycles. The highest BCUT2D eigenvalue weighted by atomic mass is 79.9. The molecule has 3 fully saturated rings. The number of hydrogen-bond acceptors (Lipinski definition) is 9. The van der Waals surface area contributed by atoms with Crippen molar-refractivity contribution < 1.29 is 22.7 Å². The van der Waals surface area contributed by atoms with Gasteiger partial charge in [0.25, 0.3) is 0 Å². The van der Waals surface area contributed by atoms with Gasteiger partial charge in [0.05, 0.1) is 35.1 Å². The summed E-state index contributed by atoms with van der Waals surface area (Å²) < 4.78 is 32.1. The second kappa shape index (κ2) is 18.7. The summed E-state index contributed by atoms with van der Waals surface area (Å²) in [6.07, 6.45) is 18.4. The topological polar surface area (TPSA) is 184 Å². The Hall–Kier alpha value is -4.42. The summed E-state index contributed by atoms with van der Waals surface area (Å²) in [5.74, 6) is 2.59. The number of nitrogens with zero attached hydrogens (tertiary/aromatic N) is 2. The molecule has 3 atom stereocenters. The number of benzene rings is 3. The van der Waals surface area contributed by atoms with Crippen LogP contribution in [-0.4, -0.2) is 25.1 Å². The van der Waals surface area contributed by atoms with Crippen molar-refractivity contribution in [3.05, 3.63) is 107 Å². The molecule has 0 bridgehead atoms. The molecular formula is C54H65BrN4O5S. The van der Waals surface area contributed by atoms with Gasteiger partial charge in [-0.25, -0.2) is 8.42 Å². The van der Waals surface area contributed by atoms with E-state index in [2.05, 4.69) is 61.0 Å². The van der Waals surface area contributed by atoms with E-state index in [0.29, 0.717) is 28.9 Å². The van der Waals surface area contributed by atoms with Gasteiger partial charge >= 0.3 is 0 Å². The molecule has 3 saturated carbocycles. The van der Waals surface area contributed by atoms with Crippen LogP contribution in [0.15, 0.2) is 44.5 Å². The molecule has 10 rings (SSSR count). The third kappa shape index (κ3) is 10.00. The van der Waals surface area contributed by atoms with Gasteiger partial charge in [-0.1, -0.05) is 36.7 Å². The fourth-order valence-electron chi connectivity index (χ4n) is 10.9. The predicted octanol–water partition coefficient (Wildman–Crippen LogP) is 11.1. The normalized spacial score (nSPS) is 18.7. The Kier molecular flexibility index (Phi) is 13.5. The number of nitrogen functional groups attached to an aromatic ring is 2. The number of carbonyl (C=O) groups is 1. The summed E-state index contributed by atoms with van der Waals surface area (Å²) in [6, 6.07) is 12.2. The van der Waals surface area contributed by atoms with Gasteiger partial charge in [0.15, 0.2) is 5.78 Å². The molecule has 5 N–H and O–H groups in total. The molecule has 9 nitrogen and oxygen atoms in total. The number of carbonyl (C=O) groups excluding carboxylic acids is 1. The van der Waals surface area contributed by atoms with Crippen molar-refractivity contribution >= 4 is 42.9 Å². The summed E-state index contributed by atoms with van der Waals surface area (Å²) in [5.41, 5.74) is 27.4. The number of halogens is 1. The average Bonchev–Trinajstić information content (AvgIpc) is 4.24. The van der Waals surface area contributed by atoms with E-state index in [-0.39, 0.29) is 17.4 Å². The second-order valence-electron chi connectivity index (χ2n) is 20.5. The van der Waals surface area contributed by atoms with Gasteiger partial charge in [0.1, 0.15) is 5.75 Å². The summed E-state index contributed by atoms with van der Waals surface area (Å²) in [6.45, 7) is 9.80. The zero-order valence-corrected chi connectivity index (χ0v) is 41.2. The largest absolute Gasteiger partial charge is 0.453 e. The van der Waals surface area contributed by atoms with E-state index in [1.807, 2.05) is 6.07 Å². The maximum absolute atomic E-state index is 13.0. The molecule has 6 aliphatic rings. The van der Waals surface area contributed by atoms with E-state index in [9.17, 15) is 28.8 Å². The van der Waals surface area contributed by atoms with Crippen LogP contribution in [0.4, 0.5) is 11.4 Å². The van der Waals surface area contributed by atoms with Crippen molar-refractivity contribution in [1.82, 2.24) is 0 Å². The lowest BCUT2D eigenvalue weighted by Crippen LogP contribution is -2.20. The maximum atomic E-state index is 13.0. The van der Waals surface area contributed by atoms with Crippen LogP contribution in [0.2, 0.25) is 0 Å². The first-order chi connectivity index (χ1) is 30.9. The van der Waals surface area contributed by atoms with E-state index in [4.69, 9.17) is 15.9 Å². The van der Waals surface area contributed by atoms with Crippen LogP contribution in [0.1, 0.15) is 182 Å². The third-order valence-corrected chi connectivity index (χ3v) is 17.7. The fourth-order valence-corrected chi connectivity index (χ4v) is 12.8. The average molecular weight is 962 g/mol. The van der Waals surface area contributed by atoms with Crippen LogP contribution in [-0.2, 0) is 65.2 Å². The van der Waals surface area contributed by atoms with E-state index < -0.39 is 27.0 Å². The summed E-state index contributed by atoms with van der Waals surface area (Å²) in [7, 11) is -3.96. The molecular weight excluding hydrogens is 897 g/mol. The minimum atomic E-state index is -3.96. The molecule has 11 heteroatoms. The Morgan fingerprint density at radius 2 is 1.15 bits per heavy atom. The Morgan fingerprint density at radius 1 is 0.723 bits per heavy atom. The minimum Gasteiger partial charge on any atom is -0.453 e. The standard InChI is InChI=1S/C25H29NO5S.C15H18N2.C14H18BrN/c1-15(16-7-8-16)22-9-17(12-26)20-5-4-6-21(20)23(22)11-19(27)14-32(29,30)24-10-18(13-31-24)25(2,3)28;1-9(10-5-6-10)14-7-11(8-16)12-3-2-4-13(12)15(14)17;1-8(9-5-6-9)12-7-13(15)10-3-2-4-11(10)14(12)16/h9-10,13,15-16,28H,4-8,11,14H2,1-3H3;7,9-10H,2-6,17H2,1H3;7-9H,2-6,16H2,1H3/t15-;9-;8-/m000/s1. The fraction of sp³-hybridized carbons (Fsp3) is 0.537. The van der Waals surface area contributed by atoms with Gasteiger partial charge in [-0.2, -0.15) is 10.5 Å². The van der Waals surface area contributed by atoms with Crippen LogP contribution in [0, 0.1) is 40.4 Å². The van der Waals surface area contributed by atoms with Gasteiger partial charge in [0.2, 0.25) is 14.9 Å². The van der Waals surface area contributed by atoms with Crippen LogP contribution in [0.25, 0.3) is 0 Å². The molecule has 1 heterocycles. The van der Waals surface area contributed by atoms with Crippen LogP contribution in [0.3, 0.4) is 0 Å². The Morgan fingerprint density at radius 3 is 1.65 bits per heavy atom. The molecule has 0 amide bonds. The molecule has 0 aliphatic heterocycles. The van der Waals surface area contributed by atoms with Crippen LogP contribution < -0.4 is 11.5 Å². The first kappa shape index (κ1) is 47.1. The number of sulfone groups is 1. The molecule has 0 unspecified atom stereocenters. The number of rotatable bonds is 12. The van der Waals surface area contributed by atoms with Crippen molar-refractivity contribution in [1.29, 1.82) is 10.5 Å². The molecule has 344 valence electrons.